The Labute approximate surface area is 177 Å². The highest BCUT2D eigenvalue weighted by atomic mass is 16.4. The van der Waals surface area contributed by atoms with Crippen molar-refractivity contribution in [2.24, 2.45) is 0 Å². The van der Waals surface area contributed by atoms with Crippen molar-refractivity contribution in [1.29, 1.82) is 0 Å². The summed E-state index contributed by atoms with van der Waals surface area (Å²) in [5.41, 5.74) is 5.06. The van der Waals surface area contributed by atoms with Gasteiger partial charge in [-0.25, -0.2) is 9.97 Å². The monoisotopic (exact) mass is 401 g/mol. The number of benzene rings is 2. The van der Waals surface area contributed by atoms with Crippen LogP contribution in [0, 0.1) is 0 Å². The lowest BCUT2D eigenvalue weighted by molar-refractivity contribution is -0.137. The summed E-state index contributed by atoms with van der Waals surface area (Å²) in [5, 5.41) is 8.82. The van der Waals surface area contributed by atoms with Gasteiger partial charge >= 0.3 is 5.97 Å². The molecule has 154 valence electrons. The molecule has 0 spiro atoms. The van der Waals surface area contributed by atoms with Crippen LogP contribution in [0.2, 0.25) is 0 Å². The topological polar surface area (TPSA) is 66.3 Å². The first-order valence-corrected chi connectivity index (χ1v) is 10.7. The number of hydrogen-bond acceptors (Lipinski definition) is 4. The predicted octanol–water partition coefficient (Wildman–Crippen LogP) is 5.21. The van der Waals surface area contributed by atoms with Gasteiger partial charge in [0.15, 0.2) is 5.82 Å². The van der Waals surface area contributed by atoms with Gasteiger partial charge in [0.2, 0.25) is 0 Å². The second-order valence-electron chi connectivity index (χ2n) is 7.72. The number of rotatable bonds is 8. The zero-order valence-electron chi connectivity index (χ0n) is 17.1. The van der Waals surface area contributed by atoms with Crippen molar-refractivity contribution in [3.63, 3.8) is 0 Å². The van der Waals surface area contributed by atoms with Crippen LogP contribution in [0.1, 0.15) is 37.8 Å². The predicted molar refractivity (Wildman–Crippen MR) is 120 cm³/mol. The average molecular weight is 402 g/mol. The van der Waals surface area contributed by atoms with E-state index in [9.17, 15) is 4.79 Å². The molecule has 2 heterocycles. The van der Waals surface area contributed by atoms with Crippen molar-refractivity contribution >= 4 is 11.8 Å². The molecule has 0 saturated carbocycles. The van der Waals surface area contributed by atoms with E-state index >= 15 is 0 Å². The number of aromatic nitrogens is 2. The molecule has 0 bridgehead atoms. The highest BCUT2D eigenvalue weighted by molar-refractivity contribution is 5.79. The minimum Gasteiger partial charge on any atom is -0.481 e. The van der Waals surface area contributed by atoms with Gasteiger partial charge in [-0.2, -0.15) is 0 Å². The van der Waals surface area contributed by atoms with E-state index in [0.717, 1.165) is 79.2 Å². The molecule has 1 aliphatic heterocycles. The lowest BCUT2D eigenvalue weighted by atomic mass is 10.0. The maximum atomic E-state index is 10.7. The summed E-state index contributed by atoms with van der Waals surface area (Å²) in [5.74, 6) is 0.267. The molecule has 4 rings (SSSR count). The van der Waals surface area contributed by atoms with Crippen LogP contribution in [0.25, 0.3) is 22.5 Å². The first-order chi connectivity index (χ1) is 14.7. The lowest BCUT2D eigenvalue weighted by Gasteiger charge is -2.30. The highest BCUT2D eigenvalue weighted by Crippen LogP contribution is 2.34. The van der Waals surface area contributed by atoms with Gasteiger partial charge in [-0.1, -0.05) is 67.1 Å². The number of anilines is 1. The van der Waals surface area contributed by atoms with E-state index in [-0.39, 0.29) is 6.42 Å². The number of carboxylic acid groups (broad SMARTS) is 1. The molecule has 30 heavy (non-hydrogen) atoms. The Kier molecular flexibility index (Phi) is 6.38. The van der Waals surface area contributed by atoms with E-state index < -0.39 is 5.97 Å². The number of carboxylic acids is 1. The van der Waals surface area contributed by atoms with Gasteiger partial charge < -0.3 is 10.0 Å². The maximum absolute atomic E-state index is 10.7. The molecule has 3 aromatic rings. The Morgan fingerprint density at radius 2 is 1.50 bits per heavy atom. The largest absolute Gasteiger partial charge is 0.481 e. The minimum atomic E-state index is -0.717. The van der Waals surface area contributed by atoms with Crippen LogP contribution in [-0.2, 0) is 11.2 Å². The molecule has 5 nitrogen and oxygen atoms in total. The lowest BCUT2D eigenvalue weighted by Crippen LogP contribution is -2.32. The van der Waals surface area contributed by atoms with Crippen molar-refractivity contribution in [3.05, 3.63) is 66.4 Å². The molecular weight excluding hydrogens is 374 g/mol. The number of nitrogens with zero attached hydrogens (tertiary/aromatic N) is 3. The molecular formula is C25H27N3O2. The van der Waals surface area contributed by atoms with Crippen LogP contribution >= 0.6 is 0 Å². The summed E-state index contributed by atoms with van der Waals surface area (Å²) in [7, 11) is 0. The van der Waals surface area contributed by atoms with Gasteiger partial charge in [0, 0.05) is 30.6 Å². The summed E-state index contributed by atoms with van der Waals surface area (Å²) in [6.07, 6.45) is 4.86. The van der Waals surface area contributed by atoms with Crippen molar-refractivity contribution in [2.45, 2.75) is 38.5 Å². The Bertz CT molecular complexity index is 990. The Morgan fingerprint density at radius 3 is 2.13 bits per heavy atom. The van der Waals surface area contributed by atoms with E-state index in [1.165, 1.54) is 0 Å². The fourth-order valence-electron chi connectivity index (χ4n) is 3.99. The average Bonchev–Trinajstić information content (AvgIpc) is 2.79. The Morgan fingerprint density at radius 1 is 0.867 bits per heavy atom. The van der Waals surface area contributed by atoms with E-state index in [1.807, 2.05) is 36.4 Å². The van der Waals surface area contributed by atoms with E-state index in [2.05, 4.69) is 29.2 Å². The summed E-state index contributed by atoms with van der Waals surface area (Å²) in [6, 6.07) is 20.5. The highest BCUT2D eigenvalue weighted by Gasteiger charge is 2.23. The number of carbonyl (C=O) groups is 1. The fourth-order valence-corrected chi connectivity index (χ4v) is 3.99. The summed E-state index contributed by atoms with van der Waals surface area (Å²) in [6.45, 7) is 1.86. The van der Waals surface area contributed by atoms with Crippen molar-refractivity contribution < 1.29 is 9.90 Å². The maximum Gasteiger partial charge on any atom is 0.303 e. The van der Waals surface area contributed by atoms with Crippen LogP contribution in [0.4, 0.5) is 5.82 Å². The molecule has 0 aliphatic carbocycles. The molecule has 1 aliphatic rings. The number of aryl methyl sites for hydroxylation is 1. The molecule has 0 fully saturated rings. The molecule has 5 heteroatoms. The first kappa shape index (κ1) is 20.1. The summed E-state index contributed by atoms with van der Waals surface area (Å²) in [4.78, 5) is 23.3. The molecule has 0 unspecified atom stereocenters. The van der Waals surface area contributed by atoms with Crippen molar-refractivity contribution in [3.8, 4) is 22.5 Å². The number of aliphatic carboxylic acids is 1. The Balaban J connectivity index is 1.65. The normalized spacial score (nSPS) is 13.1. The zero-order valence-corrected chi connectivity index (χ0v) is 17.1. The van der Waals surface area contributed by atoms with E-state index in [1.54, 1.807) is 0 Å². The molecule has 2 aromatic carbocycles. The third kappa shape index (κ3) is 4.67. The molecule has 0 radical (unpaired) electrons. The molecule has 0 atom stereocenters. The quantitative estimate of drug-likeness (QED) is 0.525. The van der Waals surface area contributed by atoms with Crippen LogP contribution in [0.5, 0.6) is 0 Å². The summed E-state index contributed by atoms with van der Waals surface area (Å²) < 4.78 is 0. The van der Waals surface area contributed by atoms with Crippen LogP contribution in [0.3, 0.4) is 0 Å². The van der Waals surface area contributed by atoms with Crippen molar-refractivity contribution in [2.75, 3.05) is 18.0 Å². The van der Waals surface area contributed by atoms with Crippen LogP contribution in [0.15, 0.2) is 60.7 Å². The van der Waals surface area contributed by atoms with Gasteiger partial charge in [0.1, 0.15) is 0 Å². The summed E-state index contributed by atoms with van der Waals surface area (Å²) >= 11 is 0. The number of unbranched alkanes of at least 4 members (excludes halogenated alkanes) is 2. The Hall–Kier alpha value is -3.21. The second-order valence-corrected chi connectivity index (χ2v) is 7.72. The molecule has 1 aromatic heterocycles. The van der Waals surface area contributed by atoms with Gasteiger partial charge in [0.05, 0.1) is 17.1 Å². The SMILES string of the molecule is O=C(O)CCCCCN1CCCc2nc(-c3ccccc3)c(-c3ccccc3)nc21. The van der Waals surface area contributed by atoms with Gasteiger partial charge in [0.25, 0.3) is 0 Å². The fraction of sp³-hybridized carbons (Fsp3) is 0.320. The first-order valence-electron chi connectivity index (χ1n) is 10.7. The van der Waals surface area contributed by atoms with Crippen LogP contribution in [-0.4, -0.2) is 34.1 Å². The van der Waals surface area contributed by atoms with E-state index in [0.29, 0.717) is 0 Å². The van der Waals surface area contributed by atoms with E-state index in [4.69, 9.17) is 15.1 Å². The zero-order chi connectivity index (χ0) is 20.8. The smallest absolute Gasteiger partial charge is 0.303 e. The third-order valence-corrected chi connectivity index (χ3v) is 5.50. The molecule has 1 N–H and O–H groups in total. The molecule has 0 amide bonds. The molecule has 0 saturated heterocycles. The van der Waals surface area contributed by atoms with Gasteiger partial charge in [-0.3, -0.25) is 4.79 Å². The second kappa shape index (κ2) is 9.53. The third-order valence-electron chi connectivity index (χ3n) is 5.50. The van der Waals surface area contributed by atoms with Crippen molar-refractivity contribution in [1.82, 2.24) is 9.97 Å². The standard InChI is InChI=1S/C25H27N3O2/c29-22(30)16-8-3-9-17-28-18-10-15-21-25(28)27-24(20-13-6-2-7-14-20)23(26-21)19-11-4-1-5-12-19/h1-2,4-7,11-14H,3,8-10,15-18H2,(H,29,30). The number of fused-ring (bicyclic) bond motifs is 1. The van der Waals surface area contributed by atoms with Gasteiger partial charge in [-0.05, 0) is 25.7 Å². The van der Waals surface area contributed by atoms with Gasteiger partial charge in [-0.15, -0.1) is 0 Å². The minimum absolute atomic E-state index is 0.245. The van der Waals surface area contributed by atoms with Crippen LogP contribution < -0.4 is 4.90 Å². The number of hydrogen-bond donors (Lipinski definition) is 1.